The highest BCUT2D eigenvalue weighted by molar-refractivity contribution is 5.97. The maximum Gasteiger partial charge on any atom is 0.303 e. The lowest BCUT2D eigenvalue weighted by Crippen LogP contribution is -2.50. The lowest BCUT2D eigenvalue weighted by Gasteiger charge is -2.38. The summed E-state index contributed by atoms with van der Waals surface area (Å²) in [6.07, 6.45) is 0.125. The Bertz CT molecular complexity index is 493. The number of carboxylic acids is 1. The first-order valence-corrected chi connectivity index (χ1v) is 5.85. The number of carbonyl (C=O) groups is 2. The second kappa shape index (κ2) is 4.68. The zero-order chi connectivity index (χ0) is 13.3. The molecule has 0 atom stereocenters. The third-order valence-electron chi connectivity index (χ3n) is 3.31. The minimum atomic E-state index is -0.813. The summed E-state index contributed by atoms with van der Waals surface area (Å²) in [5, 5.41) is 8.65. The number of likely N-dealkylation sites (tertiary alicyclic amines) is 1. The molecule has 0 aromatic heterocycles. The average molecular weight is 248 g/mol. The second-order valence-corrected chi connectivity index (χ2v) is 4.69. The molecule has 1 aromatic rings. The average Bonchev–Trinajstić information content (AvgIpc) is 2.25. The quantitative estimate of drug-likeness (QED) is 0.785. The molecule has 1 fully saturated rings. The van der Waals surface area contributed by atoms with Gasteiger partial charge < -0.3 is 15.7 Å². The molecule has 18 heavy (non-hydrogen) atoms. The van der Waals surface area contributed by atoms with Crippen molar-refractivity contribution < 1.29 is 14.7 Å². The second-order valence-electron chi connectivity index (χ2n) is 4.69. The molecule has 0 saturated carbocycles. The molecule has 5 heteroatoms. The maximum absolute atomic E-state index is 12.2. The summed E-state index contributed by atoms with van der Waals surface area (Å²) in [7, 11) is 0. The van der Waals surface area contributed by atoms with Crippen LogP contribution in [0.4, 0.5) is 5.69 Å². The van der Waals surface area contributed by atoms with E-state index in [0.29, 0.717) is 24.3 Å². The Morgan fingerprint density at radius 1 is 1.44 bits per heavy atom. The predicted molar refractivity (Wildman–Crippen MR) is 67.2 cm³/mol. The smallest absolute Gasteiger partial charge is 0.303 e. The van der Waals surface area contributed by atoms with Crippen LogP contribution in [0.5, 0.6) is 0 Å². The van der Waals surface area contributed by atoms with Crippen molar-refractivity contribution in [1.82, 2.24) is 4.90 Å². The molecule has 1 heterocycles. The van der Waals surface area contributed by atoms with Gasteiger partial charge in [0.15, 0.2) is 0 Å². The van der Waals surface area contributed by atoms with Crippen LogP contribution in [0.1, 0.15) is 22.3 Å². The Morgan fingerprint density at radius 3 is 2.72 bits per heavy atom. The standard InChI is InChI=1S/C13H16N2O3/c1-8-10(3-2-4-11(8)14)13(18)15-6-9(7-15)5-12(16)17/h2-4,9H,5-7,14H2,1H3,(H,16,17). The number of hydrogen-bond acceptors (Lipinski definition) is 3. The van der Waals surface area contributed by atoms with E-state index in [-0.39, 0.29) is 18.2 Å². The molecule has 0 bridgehead atoms. The van der Waals surface area contributed by atoms with Gasteiger partial charge in [0.1, 0.15) is 0 Å². The molecule has 3 N–H and O–H groups in total. The number of aliphatic carboxylic acids is 1. The van der Waals surface area contributed by atoms with Crippen LogP contribution in [0.3, 0.4) is 0 Å². The van der Waals surface area contributed by atoms with E-state index < -0.39 is 5.97 Å². The minimum Gasteiger partial charge on any atom is -0.481 e. The Kier molecular flexibility index (Phi) is 3.23. The SMILES string of the molecule is Cc1c(N)cccc1C(=O)N1CC(CC(=O)O)C1. The Labute approximate surface area is 105 Å². The lowest BCUT2D eigenvalue weighted by molar-refractivity contribution is -0.139. The fourth-order valence-corrected chi connectivity index (χ4v) is 2.17. The molecule has 1 aromatic carbocycles. The van der Waals surface area contributed by atoms with E-state index in [9.17, 15) is 9.59 Å². The molecule has 1 amide bonds. The van der Waals surface area contributed by atoms with Gasteiger partial charge in [0, 0.05) is 30.3 Å². The minimum absolute atomic E-state index is 0.0681. The third-order valence-corrected chi connectivity index (χ3v) is 3.31. The maximum atomic E-state index is 12.2. The number of anilines is 1. The van der Waals surface area contributed by atoms with Gasteiger partial charge in [-0.05, 0) is 24.6 Å². The number of amides is 1. The fraction of sp³-hybridized carbons (Fsp3) is 0.385. The van der Waals surface area contributed by atoms with E-state index in [2.05, 4.69) is 0 Å². The highest BCUT2D eigenvalue weighted by Crippen LogP contribution is 2.24. The van der Waals surface area contributed by atoms with Crippen molar-refractivity contribution in [2.75, 3.05) is 18.8 Å². The lowest BCUT2D eigenvalue weighted by atomic mass is 9.94. The van der Waals surface area contributed by atoms with Crippen molar-refractivity contribution in [3.63, 3.8) is 0 Å². The number of nitrogens with two attached hydrogens (primary N) is 1. The van der Waals surface area contributed by atoms with Crippen LogP contribution in [-0.2, 0) is 4.79 Å². The summed E-state index contributed by atoms with van der Waals surface area (Å²) >= 11 is 0. The molecule has 5 nitrogen and oxygen atoms in total. The Hall–Kier alpha value is -2.04. The topological polar surface area (TPSA) is 83.6 Å². The highest BCUT2D eigenvalue weighted by Gasteiger charge is 2.33. The monoisotopic (exact) mass is 248 g/mol. The first-order chi connectivity index (χ1) is 8.49. The Balaban J connectivity index is 2.02. The molecular formula is C13H16N2O3. The van der Waals surface area contributed by atoms with Gasteiger partial charge >= 0.3 is 5.97 Å². The molecule has 2 rings (SSSR count). The zero-order valence-corrected chi connectivity index (χ0v) is 10.2. The number of nitrogens with zero attached hydrogens (tertiary/aromatic N) is 1. The molecule has 0 radical (unpaired) electrons. The number of rotatable bonds is 3. The number of benzene rings is 1. The van der Waals surface area contributed by atoms with Gasteiger partial charge in [0.05, 0.1) is 6.42 Å². The zero-order valence-electron chi connectivity index (χ0n) is 10.2. The van der Waals surface area contributed by atoms with Crippen molar-refractivity contribution in [1.29, 1.82) is 0 Å². The molecule has 0 aliphatic carbocycles. The molecule has 0 unspecified atom stereocenters. The number of carboxylic acid groups (broad SMARTS) is 1. The van der Waals surface area contributed by atoms with Crippen molar-refractivity contribution in [2.24, 2.45) is 5.92 Å². The summed E-state index contributed by atoms with van der Waals surface area (Å²) in [5.74, 6) is -0.804. The fourth-order valence-electron chi connectivity index (χ4n) is 2.17. The van der Waals surface area contributed by atoms with Crippen LogP contribution in [0.25, 0.3) is 0 Å². The van der Waals surface area contributed by atoms with Crippen LogP contribution < -0.4 is 5.73 Å². The van der Waals surface area contributed by atoms with Crippen molar-refractivity contribution in [3.8, 4) is 0 Å². The van der Waals surface area contributed by atoms with Crippen molar-refractivity contribution in [2.45, 2.75) is 13.3 Å². The van der Waals surface area contributed by atoms with E-state index >= 15 is 0 Å². The molecular weight excluding hydrogens is 232 g/mol. The molecule has 96 valence electrons. The van der Waals surface area contributed by atoms with Crippen LogP contribution in [0, 0.1) is 12.8 Å². The van der Waals surface area contributed by atoms with E-state index in [1.54, 1.807) is 23.1 Å². The summed E-state index contributed by atoms with van der Waals surface area (Å²) in [6, 6.07) is 5.26. The summed E-state index contributed by atoms with van der Waals surface area (Å²) < 4.78 is 0. The van der Waals surface area contributed by atoms with Crippen LogP contribution in [0.2, 0.25) is 0 Å². The van der Waals surface area contributed by atoms with Crippen molar-refractivity contribution in [3.05, 3.63) is 29.3 Å². The van der Waals surface area contributed by atoms with E-state index in [4.69, 9.17) is 10.8 Å². The predicted octanol–water partition coefficient (Wildman–Crippen LogP) is 1.12. The van der Waals surface area contributed by atoms with Gasteiger partial charge in [-0.1, -0.05) is 6.07 Å². The first kappa shape index (κ1) is 12.4. The molecule has 1 aliphatic heterocycles. The highest BCUT2D eigenvalue weighted by atomic mass is 16.4. The molecule has 1 aliphatic rings. The summed E-state index contributed by atoms with van der Waals surface area (Å²) in [5.41, 5.74) is 7.75. The number of nitrogen functional groups attached to an aromatic ring is 1. The van der Waals surface area contributed by atoms with Crippen molar-refractivity contribution >= 4 is 17.6 Å². The molecule has 0 spiro atoms. The number of carbonyl (C=O) groups excluding carboxylic acids is 1. The van der Waals surface area contributed by atoms with Gasteiger partial charge in [-0.2, -0.15) is 0 Å². The first-order valence-electron chi connectivity index (χ1n) is 5.85. The van der Waals surface area contributed by atoms with E-state index in [1.165, 1.54) is 0 Å². The normalized spacial score (nSPS) is 15.3. The molecule has 1 saturated heterocycles. The van der Waals surface area contributed by atoms with E-state index in [1.807, 2.05) is 6.92 Å². The van der Waals surface area contributed by atoms with Gasteiger partial charge in [0.2, 0.25) is 0 Å². The van der Waals surface area contributed by atoms with E-state index in [0.717, 1.165) is 5.56 Å². The Morgan fingerprint density at radius 2 is 2.11 bits per heavy atom. The summed E-state index contributed by atoms with van der Waals surface area (Å²) in [4.78, 5) is 24.3. The third kappa shape index (κ3) is 2.30. The summed E-state index contributed by atoms with van der Waals surface area (Å²) in [6.45, 7) is 2.84. The van der Waals surface area contributed by atoms with Gasteiger partial charge in [-0.15, -0.1) is 0 Å². The number of hydrogen-bond donors (Lipinski definition) is 2. The largest absolute Gasteiger partial charge is 0.481 e. The van der Waals surface area contributed by atoms with Gasteiger partial charge in [-0.25, -0.2) is 0 Å². The van der Waals surface area contributed by atoms with Crippen LogP contribution in [-0.4, -0.2) is 35.0 Å². The van der Waals surface area contributed by atoms with Crippen LogP contribution >= 0.6 is 0 Å². The van der Waals surface area contributed by atoms with Crippen LogP contribution in [0.15, 0.2) is 18.2 Å². The van der Waals surface area contributed by atoms with Gasteiger partial charge in [-0.3, -0.25) is 9.59 Å². The van der Waals surface area contributed by atoms with Gasteiger partial charge in [0.25, 0.3) is 5.91 Å².